The van der Waals surface area contributed by atoms with Crippen molar-refractivity contribution in [2.24, 2.45) is 0 Å². The molecule has 3 rings (SSSR count). The van der Waals surface area contributed by atoms with E-state index in [2.05, 4.69) is 29.6 Å². The van der Waals surface area contributed by atoms with Gasteiger partial charge in [0.05, 0.1) is 0 Å². The molecule has 3 aliphatic carbocycles. The Morgan fingerprint density at radius 1 is 0.519 bits per heavy atom. The van der Waals surface area contributed by atoms with Crippen LogP contribution >= 0.6 is 0 Å². The summed E-state index contributed by atoms with van der Waals surface area (Å²) in [7, 11) is 0. The van der Waals surface area contributed by atoms with Gasteiger partial charge in [-0.05, 0) is 64.2 Å². The molecule has 0 nitrogen and oxygen atoms in total. The molecule has 0 spiro atoms. The molecule has 3 aliphatic rings. The molecule has 0 aromatic heterocycles. The molecule has 0 bridgehead atoms. The molecular weight excluding hydrogens is 617 g/mol. The van der Waals surface area contributed by atoms with Gasteiger partial charge in [-0.2, -0.15) is 0 Å². The van der Waals surface area contributed by atoms with Gasteiger partial charge in [0.15, 0.2) is 0 Å². The minimum Gasteiger partial charge on any atom is -0.0312 e. The normalized spacial score (nSPS) is 17.9. The molecule has 144 valence electrons. The monoisotopic (exact) mass is 656 g/mol. The average Bonchev–Trinajstić information content (AvgIpc) is 3.28. The Morgan fingerprint density at radius 2 is 0.667 bits per heavy atom. The van der Waals surface area contributed by atoms with Gasteiger partial charge >= 0.3 is 95.4 Å². The van der Waals surface area contributed by atoms with Crippen LogP contribution in [0.1, 0.15) is 25.7 Å². The van der Waals surface area contributed by atoms with Crippen LogP contribution in [-0.4, -0.2) is 39.5 Å². The van der Waals surface area contributed by atoms with E-state index < -0.39 is 39.5 Å². The maximum Gasteiger partial charge on any atom is 4.00 e. The van der Waals surface area contributed by atoms with Crippen LogP contribution in [0.25, 0.3) is 0 Å². The predicted octanol–water partition coefficient (Wildman–Crippen LogP) is 7.06. The molecule has 0 N–H and O–H groups in total. The molecule has 0 heterocycles. The second kappa shape index (κ2) is 26.0. The molecule has 0 unspecified atom stereocenters. The summed E-state index contributed by atoms with van der Waals surface area (Å²) in [5, 5.41) is 0. The zero-order chi connectivity index (χ0) is 20.2. The van der Waals surface area contributed by atoms with Crippen LogP contribution < -0.4 is 0 Å². The van der Waals surface area contributed by atoms with Gasteiger partial charge in [-0.1, -0.05) is 12.8 Å². The van der Waals surface area contributed by atoms with Crippen molar-refractivity contribution in [1.29, 1.82) is 0 Å². The third-order valence-electron chi connectivity index (χ3n) is 2.67. The predicted molar refractivity (Wildman–Crippen MR) is 124 cm³/mol. The van der Waals surface area contributed by atoms with E-state index in [-0.39, 0.29) is 26.2 Å². The van der Waals surface area contributed by atoms with Gasteiger partial charge in [0.25, 0.3) is 0 Å². The SMILES string of the molecule is [CH-]=C1CCCCC1=[CH-].[CH3][Sn]([CH3])[CH3].[CH3][Sn]([CH3])[CH3].[CH]1[CH][CH][CH][CH]1.[CH]1[CH][CH][CH][CH]1.[Zr+4]. The third kappa shape index (κ3) is 35.7. The summed E-state index contributed by atoms with van der Waals surface area (Å²) in [6, 6.07) is 0. The van der Waals surface area contributed by atoms with E-state index in [1.165, 1.54) is 12.8 Å². The molecular formula is C24H38Sn2Zr+2. The van der Waals surface area contributed by atoms with Crippen molar-refractivity contribution < 1.29 is 26.2 Å². The first kappa shape index (κ1) is 33.6. The van der Waals surface area contributed by atoms with E-state index in [1.807, 2.05) is 64.2 Å². The summed E-state index contributed by atoms with van der Waals surface area (Å²) in [6.07, 6.45) is 24.4. The molecule has 3 fully saturated rings. The molecule has 0 atom stereocenters. The van der Waals surface area contributed by atoms with Crippen LogP contribution in [-0.2, 0) is 26.2 Å². The van der Waals surface area contributed by atoms with E-state index in [9.17, 15) is 0 Å². The number of allylic oxidation sites excluding steroid dienone is 2. The number of hydrogen-bond acceptors (Lipinski definition) is 0. The number of hydrogen-bond donors (Lipinski definition) is 0. The summed E-state index contributed by atoms with van der Waals surface area (Å²) in [5.41, 5.74) is 1.83. The molecule has 0 amide bonds. The summed E-state index contributed by atoms with van der Waals surface area (Å²) < 4.78 is 0. The van der Waals surface area contributed by atoms with Gasteiger partial charge in [-0.3, -0.25) is 0 Å². The van der Waals surface area contributed by atoms with Crippen molar-refractivity contribution in [2.45, 2.75) is 55.3 Å². The van der Waals surface area contributed by atoms with Crippen molar-refractivity contribution in [2.75, 3.05) is 0 Å². The Kier molecular flexibility index (Phi) is 32.3. The zero-order valence-corrected chi connectivity index (χ0v) is 26.4. The van der Waals surface area contributed by atoms with Crippen LogP contribution in [0.5, 0.6) is 0 Å². The van der Waals surface area contributed by atoms with Crippen LogP contribution in [0.15, 0.2) is 11.1 Å². The third-order valence-corrected chi connectivity index (χ3v) is 2.67. The molecule has 0 aromatic carbocycles. The second-order valence-corrected chi connectivity index (χ2v) is 24.3. The largest absolute Gasteiger partial charge is 4.00 e. The van der Waals surface area contributed by atoms with Crippen molar-refractivity contribution in [3.63, 3.8) is 0 Å². The van der Waals surface area contributed by atoms with Crippen molar-refractivity contribution in [3.05, 3.63) is 88.5 Å². The fraction of sp³-hybridized carbons (Fsp3) is 0.417. The van der Waals surface area contributed by atoms with E-state index in [4.69, 9.17) is 13.2 Å². The Labute approximate surface area is 207 Å². The minimum atomic E-state index is -0.543. The van der Waals surface area contributed by atoms with E-state index in [0.29, 0.717) is 0 Å². The zero-order valence-electron chi connectivity index (χ0n) is 18.3. The summed E-state index contributed by atoms with van der Waals surface area (Å²) >= 11 is -1.09. The maximum absolute atomic E-state index is 5.53. The quantitative estimate of drug-likeness (QED) is 0.194. The van der Waals surface area contributed by atoms with Crippen LogP contribution in [0.2, 0.25) is 29.6 Å². The summed E-state index contributed by atoms with van der Waals surface area (Å²) in [5.74, 6) is 0. The molecule has 0 saturated heterocycles. The molecule has 0 aromatic rings. The van der Waals surface area contributed by atoms with Crippen LogP contribution in [0, 0.1) is 77.4 Å². The first-order chi connectivity index (χ1) is 12.3. The van der Waals surface area contributed by atoms with Crippen molar-refractivity contribution >= 4 is 39.5 Å². The molecule has 27 heavy (non-hydrogen) atoms. The fourth-order valence-electron chi connectivity index (χ4n) is 1.59. The van der Waals surface area contributed by atoms with Gasteiger partial charge < -0.3 is 24.3 Å². The minimum absolute atomic E-state index is 0. The van der Waals surface area contributed by atoms with Gasteiger partial charge in [0.1, 0.15) is 0 Å². The molecule has 12 radical (unpaired) electrons. The second-order valence-electron chi connectivity index (χ2n) is 7.18. The number of rotatable bonds is 0. The van der Waals surface area contributed by atoms with E-state index in [0.717, 1.165) is 24.0 Å². The van der Waals surface area contributed by atoms with Gasteiger partial charge in [0.2, 0.25) is 0 Å². The summed E-state index contributed by atoms with van der Waals surface area (Å²) in [6.45, 7) is 11.1. The maximum atomic E-state index is 5.53. The van der Waals surface area contributed by atoms with Gasteiger partial charge in [-0.15, -0.1) is 12.8 Å². The van der Waals surface area contributed by atoms with Crippen LogP contribution in [0.3, 0.4) is 0 Å². The van der Waals surface area contributed by atoms with Gasteiger partial charge in [0, 0.05) is 0 Å². The molecule has 0 aliphatic heterocycles. The topological polar surface area (TPSA) is 0 Å². The van der Waals surface area contributed by atoms with E-state index >= 15 is 0 Å². The van der Waals surface area contributed by atoms with Crippen molar-refractivity contribution in [1.82, 2.24) is 0 Å². The van der Waals surface area contributed by atoms with Gasteiger partial charge in [-0.25, -0.2) is 0 Å². The molecule has 3 heteroatoms. The average molecular weight is 655 g/mol. The Balaban J connectivity index is -0.000000273. The molecule has 3 saturated carbocycles. The first-order valence-corrected chi connectivity index (χ1v) is 26.5. The Morgan fingerprint density at radius 3 is 0.778 bits per heavy atom. The smallest absolute Gasteiger partial charge is 0.0312 e. The standard InChI is InChI=1S/C8H10.2C5H5.6CH3.2Sn.Zr/c1-7-5-3-4-6-8(7)2;2*1-2-4-5-3-1;;;;;;;;;/h1-2H,3-6H2;2*1-5H;6*1H3;;;/q-2;;;;;;;;;;;+4. The Bertz CT molecular complexity index is 264. The first-order valence-electron chi connectivity index (χ1n) is 9.37. The van der Waals surface area contributed by atoms with Crippen LogP contribution in [0.4, 0.5) is 0 Å². The fourth-order valence-corrected chi connectivity index (χ4v) is 1.59. The van der Waals surface area contributed by atoms with Crippen molar-refractivity contribution in [3.8, 4) is 0 Å². The summed E-state index contributed by atoms with van der Waals surface area (Å²) in [4.78, 5) is 14.2. The van der Waals surface area contributed by atoms with E-state index in [1.54, 1.807) is 0 Å². The Hall–Kier alpha value is 1.96.